The molecule has 2 rings (SSSR count). The van der Waals surface area contributed by atoms with Gasteiger partial charge in [0.15, 0.2) is 0 Å². The van der Waals surface area contributed by atoms with Crippen LogP contribution in [0.4, 0.5) is 0 Å². The van der Waals surface area contributed by atoms with E-state index < -0.39 is 9.84 Å². The number of hydrogen-bond donors (Lipinski definition) is 1. The van der Waals surface area contributed by atoms with Crippen LogP contribution in [0.1, 0.15) is 45.4 Å². The third-order valence-corrected chi connectivity index (χ3v) is 6.27. The summed E-state index contributed by atoms with van der Waals surface area (Å²) in [5.41, 5.74) is 6.22. The average Bonchev–Trinajstić information content (AvgIpc) is 2.75. The quantitative estimate of drug-likeness (QED) is 0.802. The first-order valence-electron chi connectivity index (χ1n) is 6.44. The maximum Gasteiger partial charge on any atom is 0.150 e. The topological polar surface area (TPSA) is 60.2 Å². The molecule has 0 saturated heterocycles. The van der Waals surface area contributed by atoms with Crippen LogP contribution in [0.5, 0.6) is 0 Å². The van der Waals surface area contributed by atoms with Crippen LogP contribution in [-0.4, -0.2) is 25.5 Å². The Kier molecular flexibility index (Phi) is 3.32. The van der Waals surface area contributed by atoms with E-state index in [0.29, 0.717) is 30.3 Å². The smallest absolute Gasteiger partial charge is 0.150 e. The van der Waals surface area contributed by atoms with E-state index in [0.717, 1.165) is 12.3 Å². The lowest BCUT2D eigenvalue weighted by molar-refractivity contribution is 0.263. The Morgan fingerprint density at radius 2 is 2.06 bits per heavy atom. The van der Waals surface area contributed by atoms with Crippen molar-refractivity contribution in [3.63, 3.8) is 0 Å². The monoisotopic (exact) mass is 245 g/mol. The maximum atomic E-state index is 11.7. The zero-order valence-corrected chi connectivity index (χ0v) is 10.9. The van der Waals surface area contributed by atoms with Crippen LogP contribution in [0.25, 0.3) is 0 Å². The molecule has 0 amide bonds. The second-order valence-electron chi connectivity index (χ2n) is 5.72. The van der Waals surface area contributed by atoms with Crippen LogP contribution in [0.3, 0.4) is 0 Å². The molecule has 94 valence electrons. The molecule has 3 nitrogen and oxygen atoms in total. The second-order valence-corrected chi connectivity index (χ2v) is 8.02. The zero-order chi connectivity index (χ0) is 11.8. The molecule has 0 aromatic rings. The Morgan fingerprint density at radius 1 is 1.31 bits per heavy atom. The first kappa shape index (κ1) is 12.4. The van der Waals surface area contributed by atoms with Crippen molar-refractivity contribution >= 4 is 9.84 Å². The van der Waals surface area contributed by atoms with Gasteiger partial charge in [0.05, 0.1) is 5.75 Å². The normalized spacial score (nSPS) is 38.1. The fraction of sp³-hybridized carbons (Fsp3) is 1.00. The predicted molar refractivity (Wildman–Crippen MR) is 65.9 cm³/mol. The molecule has 2 N–H and O–H groups in total. The highest BCUT2D eigenvalue weighted by Crippen LogP contribution is 2.50. The first-order valence-corrected chi connectivity index (χ1v) is 8.26. The van der Waals surface area contributed by atoms with E-state index in [1.54, 1.807) is 0 Å². The minimum atomic E-state index is -2.85. The summed E-state index contributed by atoms with van der Waals surface area (Å²) in [6.07, 6.45) is 6.21. The van der Waals surface area contributed by atoms with Gasteiger partial charge in [-0.2, -0.15) is 0 Å². The summed E-state index contributed by atoms with van der Waals surface area (Å²) < 4.78 is 23.4. The summed E-state index contributed by atoms with van der Waals surface area (Å²) in [7, 11) is -2.85. The highest BCUT2D eigenvalue weighted by molar-refractivity contribution is 7.91. The molecular formula is C12H23NO2S. The van der Waals surface area contributed by atoms with E-state index in [4.69, 9.17) is 5.73 Å². The lowest BCUT2D eigenvalue weighted by atomic mass is 9.80. The summed E-state index contributed by atoms with van der Waals surface area (Å²) in [5, 5.41) is 0. The van der Waals surface area contributed by atoms with Crippen molar-refractivity contribution < 1.29 is 8.42 Å². The molecular weight excluding hydrogens is 222 g/mol. The molecule has 0 heterocycles. The van der Waals surface area contributed by atoms with Gasteiger partial charge in [0.2, 0.25) is 0 Å². The minimum absolute atomic E-state index is 0.163. The Balaban J connectivity index is 1.91. The van der Waals surface area contributed by atoms with Crippen molar-refractivity contribution in [2.45, 2.75) is 51.0 Å². The SMILES string of the molecule is CCCS(=O)(=O)CCC1(N)CC2CCC1C2. The molecule has 2 saturated carbocycles. The van der Waals surface area contributed by atoms with Crippen molar-refractivity contribution in [3.8, 4) is 0 Å². The molecule has 0 spiro atoms. The number of fused-ring (bicyclic) bond motifs is 2. The highest BCUT2D eigenvalue weighted by Gasteiger charge is 2.48. The van der Waals surface area contributed by atoms with Crippen LogP contribution in [0.2, 0.25) is 0 Å². The van der Waals surface area contributed by atoms with E-state index in [1.807, 2.05) is 6.92 Å². The van der Waals surface area contributed by atoms with Gasteiger partial charge in [0.25, 0.3) is 0 Å². The van der Waals surface area contributed by atoms with Gasteiger partial charge in [-0.3, -0.25) is 0 Å². The molecule has 3 unspecified atom stereocenters. The summed E-state index contributed by atoms with van der Waals surface area (Å²) in [5.74, 6) is 1.98. The molecule has 2 aliphatic carbocycles. The third-order valence-electron chi connectivity index (χ3n) is 4.42. The molecule has 3 atom stereocenters. The standard InChI is InChI=1S/C12H23NO2S/c1-2-6-16(14,15)7-5-12(13)9-10-3-4-11(12)8-10/h10-11H,2-9,13H2,1H3. The van der Waals surface area contributed by atoms with Gasteiger partial charge in [0.1, 0.15) is 9.84 Å². The number of nitrogens with two attached hydrogens (primary N) is 1. The molecule has 0 aliphatic heterocycles. The Hall–Kier alpha value is -0.0900. The molecule has 0 aromatic heterocycles. The Morgan fingerprint density at radius 3 is 2.56 bits per heavy atom. The van der Waals surface area contributed by atoms with Crippen molar-refractivity contribution in [1.29, 1.82) is 0 Å². The lowest BCUT2D eigenvalue weighted by Gasteiger charge is -2.33. The summed E-state index contributed by atoms with van der Waals surface area (Å²) in [6, 6.07) is 0. The van der Waals surface area contributed by atoms with Crippen molar-refractivity contribution in [2.75, 3.05) is 11.5 Å². The summed E-state index contributed by atoms with van der Waals surface area (Å²) >= 11 is 0. The molecule has 2 bridgehead atoms. The van der Waals surface area contributed by atoms with Crippen LogP contribution >= 0.6 is 0 Å². The van der Waals surface area contributed by atoms with E-state index in [9.17, 15) is 8.42 Å². The molecule has 2 aliphatic rings. The van der Waals surface area contributed by atoms with Gasteiger partial charge in [-0.1, -0.05) is 13.3 Å². The van der Waals surface area contributed by atoms with E-state index >= 15 is 0 Å². The first-order chi connectivity index (χ1) is 7.45. The number of sulfone groups is 1. The van der Waals surface area contributed by atoms with E-state index in [1.165, 1.54) is 19.3 Å². The average molecular weight is 245 g/mol. The van der Waals surface area contributed by atoms with Crippen LogP contribution in [-0.2, 0) is 9.84 Å². The fourth-order valence-corrected chi connectivity index (χ4v) is 5.07. The Bertz CT molecular complexity index is 352. The fourth-order valence-electron chi connectivity index (χ4n) is 3.55. The number of hydrogen-bond acceptors (Lipinski definition) is 3. The predicted octanol–water partition coefficient (Wildman–Crippen LogP) is 1.72. The van der Waals surface area contributed by atoms with Crippen molar-refractivity contribution in [2.24, 2.45) is 17.6 Å². The van der Waals surface area contributed by atoms with Gasteiger partial charge in [0, 0.05) is 11.3 Å². The summed E-state index contributed by atoms with van der Waals surface area (Å²) in [4.78, 5) is 0. The highest BCUT2D eigenvalue weighted by atomic mass is 32.2. The molecule has 4 heteroatoms. The van der Waals surface area contributed by atoms with E-state index in [2.05, 4.69) is 0 Å². The van der Waals surface area contributed by atoms with Crippen LogP contribution < -0.4 is 5.73 Å². The minimum Gasteiger partial charge on any atom is -0.325 e. The van der Waals surface area contributed by atoms with Crippen LogP contribution in [0.15, 0.2) is 0 Å². The zero-order valence-electron chi connectivity index (χ0n) is 10.1. The third kappa shape index (κ3) is 2.43. The van der Waals surface area contributed by atoms with Gasteiger partial charge >= 0.3 is 0 Å². The summed E-state index contributed by atoms with van der Waals surface area (Å²) in [6.45, 7) is 1.91. The maximum absolute atomic E-state index is 11.7. The van der Waals surface area contributed by atoms with Gasteiger partial charge in [-0.25, -0.2) is 8.42 Å². The van der Waals surface area contributed by atoms with Gasteiger partial charge in [-0.15, -0.1) is 0 Å². The largest absolute Gasteiger partial charge is 0.325 e. The van der Waals surface area contributed by atoms with Gasteiger partial charge in [-0.05, 0) is 43.9 Å². The molecule has 2 fully saturated rings. The molecule has 16 heavy (non-hydrogen) atoms. The second kappa shape index (κ2) is 4.30. The van der Waals surface area contributed by atoms with E-state index in [-0.39, 0.29) is 5.54 Å². The number of rotatable bonds is 5. The van der Waals surface area contributed by atoms with Crippen molar-refractivity contribution in [1.82, 2.24) is 0 Å². The molecule has 0 aromatic carbocycles. The molecule has 0 radical (unpaired) electrons. The Labute approximate surface area is 98.7 Å². The lowest BCUT2D eigenvalue weighted by Crippen LogP contribution is -2.46. The van der Waals surface area contributed by atoms with Crippen molar-refractivity contribution in [3.05, 3.63) is 0 Å². The van der Waals surface area contributed by atoms with Gasteiger partial charge < -0.3 is 5.73 Å². The van der Waals surface area contributed by atoms with Crippen LogP contribution in [0, 0.1) is 11.8 Å².